The van der Waals surface area contributed by atoms with Crippen LogP contribution in [0.3, 0.4) is 0 Å². The Bertz CT molecular complexity index is 958. The number of amides is 1. The highest BCUT2D eigenvalue weighted by Crippen LogP contribution is 2.44. The maximum absolute atomic E-state index is 12.9. The molecular formula is C25H25NO4. The van der Waals surface area contributed by atoms with Crippen molar-refractivity contribution in [2.75, 3.05) is 13.2 Å². The predicted molar refractivity (Wildman–Crippen MR) is 114 cm³/mol. The van der Waals surface area contributed by atoms with E-state index >= 15 is 0 Å². The van der Waals surface area contributed by atoms with E-state index in [4.69, 9.17) is 9.84 Å². The van der Waals surface area contributed by atoms with Gasteiger partial charge in [-0.15, -0.1) is 0 Å². The number of piperidine rings is 1. The number of hydrogen-bond acceptors (Lipinski definition) is 3. The number of rotatable bonds is 4. The van der Waals surface area contributed by atoms with Gasteiger partial charge in [-0.1, -0.05) is 54.5 Å². The van der Waals surface area contributed by atoms with Gasteiger partial charge in [0.2, 0.25) is 0 Å². The van der Waals surface area contributed by atoms with Gasteiger partial charge in [0.1, 0.15) is 6.61 Å². The minimum absolute atomic E-state index is 0.0472. The molecule has 0 saturated carbocycles. The smallest absolute Gasteiger partial charge is 0.410 e. The zero-order valence-corrected chi connectivity index (χ0v) is 16.8. The van der Waals surface area contributed by atoms with Crippen molar-refractivity contribution in [2.45, 2.75) is 44.1 Å². The van der Waals surface area contributed by atoms with E-state index in [1.807, 2.05) is 24.3 Å². The minimum atomic E-state index is -1.12. The van der Waals surface area contributed by atoms with Crippen molar-refractivity contribution in [3.63, 3.8) is 0 Å². The van der Waals surface area contributed by atoms with E-state index in [0.29, 0.717) is 26.0 Å². The van der Waals surface area contributed by atoms with Crippen molar-refractivity contribution < 1.29 is 19.4 Å². The summed E-state index contributed by atoms with van der Waals surface area (Å²) in [4.78, 5) is 25.3. The summed E-state index contributed by atoms with van der Waals surface area (Å²) in [7, 11) is 0. The Morgan fingerprint density at radius 3 is 2.37 bits per heavy atom. The van der Waals surface area contributed by atoms with Crippen molar-refractivity contribution in [3.8, 4) is 23.0 Å². The van der Waals surface area contributed by atoms with E-state index in [-0.39, 0.29) is 18.1 Å². The van der Waals surface area contributed by atoms with Gasteiger partial charge in [-0.2, -0.15) is 0 Å². The molecule has 154 valence electrons. The summed E-state index contributed by atoms with van der Waals surface area (Å²) < 4.78 is 5.81. The summed E-state index contributed by atoms with van der Waals surface area (Å²) in [5.74, 6) is 3.73. The van der Waals surface area contributed by atoms with Gasteiger partial charge in [0.05, 0.1) is 0 Å². The molecule has 0 radical (unpaired) electrons. The molecule has 0 spiro atoms. The van der Waals surface area contributed by atoms with Gasteiger partial charge in [-0.05, 0) is 47.9 Å². The van der Waals surface area contributed by atoms with E-state index < -0.39 is 5.97 Å². The van der Waals surface area contributed by atoms with Crippen LogP contribution < -0.4 is 0 Å². The Morgan fingerprint density at radius 1 is 1.03 bits per heavy atom. The fraction of sp³-hybridized carbons (Fsp3) is 0.360. The Kier molecular flexibility index (Phi) is 6.04. The molecule has 1 unspecified atom stereocenters. The molecule has 1 atom stereocenters. The highest BCUT2D eigenvalue weighted by Gasteiger charge is 2.31. The molecule has 2 aliphatic rings. The molecule has 1 heterocycles. The topological polar surface area (TPSA) is 66.8 Å². The summed E-state index contributed by atoms with van der Waals surface area (Å²) in [6, 6.07) is 16.6. The van der Waals surface area contributed by atoms with Crippen molar-refractivity contribution >= 4 is 12.1 Å². The highest BCUT2D eigenvalue weighted by atomic mass is 16.6. The predicted octanol–water partition coefficient (Wildman–Crippen LogP) is 4.66. The zero-order valence-electron chi connectivity index (χ0n) is 16.8. The fourth-order valence-corrected chi connectivity index (χ4v) is 4.59. The lowest BCUT2D eigenvalue weighted by molar-refractivity contribution is -0.130. The number of ether oxygens (including phenoxy) is 1. The summed E-state index contributed by atoms with van der Waals surface area (Å²) in [5.41, 5.74) is 4.82. The number of hydrogen-bond donors (Lipinski definition) is 1. The van der Waals surface area contributed by atoms with Gasteiger partial charge in [0.25, 0.3) is 0 Å². The summed E-state index contributed by atoms with van der Waals surface area (Å²) in [6.07, 6.45) is 3.77. The van der Waals surface area contributed by atoms with Gasteiger partial charge in [0, 0.05) is 30.8 Å². The Morgan fingerprint density at radius 2 is 1.70 bits per heavy atom. The Labute approximate surface area is 176 Å². The lowest BCUT2D eigenvalue weighted by atomic mass is 9.98. The Balaban J connectivity index is 1.42. The van der Waals surface area contributed by atoms with Crippen molar-refractivity contribution in [1.82, 2.24) is 4.90 Å². The molecule has 5 nitrogen and oxygen atoms in total. The number of nitrogens with zero attached hydrogens (tertiary/aromatic N) is 1. The van der Waals surface area contributed by atoms with Gasteiger partial charge < -0.3 is 14.7 Å². The van der Waals surface area contributed by atoms with Gasteiger partial charge in [0.15, 0.2) is 0 Å². The van der Waals surface area contributed by atoms with E-state index in [0.717, 1.165) is 19.3 Å². The fourth-order valence-electron chi connectivity index (χ4n) is 4.59. The van der Waals surface area contributed by atoms with Crippen LogP contribution in [0.5, 0.6) is 0 Å². The quantitative estimate of drug-likeness (QED) is 0.754. The first-order chi connectivity index (χ1) is 14.6. The minimum Gasteiger partial charge on any atom is -0.472 e. The van der Waals surface area contributed by atoms with Crippen LogP contribution in [0.4, 0.5) is 4.79 Å². The molecule has 0 bridgehead atoms. The number of carbonyl (C=O) groups is 2. The standard InChI is InChI=1S/C25H25NO4/c27-24(28)15-6-1-9-18-10-7-8-16-26(18)25(29)30-17-23-21-13-4-2-11-19(21)20-12-3-5-14-22(20)23/h2-5,11-14,18,23H,1,7-10,16-17H2,(H,27,28). The average molecular weight is 403 g/mol. The molecule has 1 saturated heterocycles. The normalized spacial score (nSPS) is 17.5. The Hall–Kier alpha value is -3.26. The van der Waals surface area contributed by atoms with Crippen molar-refractivity contribution in [2.24, 2.45) is 0 Å². The van der Waals surface area contributed by atoms with Gasteiger partial charge >= 0.3 is 12.1 Å². The number of benzene rings is 2. The van der Waals surface area contributed by atoms with Crippen molar-refractivity contribution in [1.29, 1.82) is 0 Å². The second-order valence-corrected chi connectivity index (χ2v) is 7.79. The molecule has 1 amide bonds. The van der Waals surface area contributed by atoms with E-state index in [1.165, 1.54) is 22.3 Å². The SMILES string of the molecule is O=C(O)C#CCCC1CCCCN1C(=O)OCC1c2ccccc2-c2ccccc21. The largest absolute Gasteiger partial charge is 0.472 e. The van der Waals surface area contributed by atoms with Gasteiger partial charge in [-0.3, -0.25) is 0 Å². The maximum atomic E-state index is 12.9. The molecule has 1 aliphatic heterocycles. The van der Waals surface area contributed by atoms with E-state index in [2.05, 4.69) is 36.1 Å². The maximum Gasteiger partial charge on any atom is 0.410 e. The third-order valence-electron chi connectivity index (χ3n) is 6.00. The van der Waals surface area contributed by atoms with Crippen LogP contribution in [-0.4, -0.2) is 41.3 Å². The summed E-state index contributed by atoms with van der Waals surface area (Å²) in [5, 5.41) is 8.65. The van der Waals surface area contributed by atoms with Crippen LogP contribution >= 0.6 is 0 Å². The monoisotopic (exact) mass is 403 g/mol. The van der Waals surface area contributed by atoms with E-state index in [9.17, 15) is 9.59 Å². The van der Waals surface area contributed by atoms with E-state index in [1.54, 1.807) is 4.90 Å². The highest BCUT2D eigenvalue weighted by molar-refractivity contribution is 5.86. The first kappa shape index (κ1) is 20.0. The summed E-state index contributed by atoms with van der Waals surface area (Å²) in [6.45, 7) is 0.989. The zero-order chi connectivity index (χ0) is 20.9. The first-order valence-corrected chi connectivity index (χ1v) is 10.5. The molecule has 1 fully saturated rings. The van der Waals surface area contributed by atoms with Crippen LogP contribution in [0.15, 0.2) is 48.5 Å². The second kappa shape index (κ2) is 9.04. The van der Waals surface area contributed by atoms with Crippen LogP contribution in [-0.2, 0) is 9.53 Å². The number of likely N-dealkylation sites (tertiary alicyclic amines) is 1. The van der Waals surface area contributed by atoms with Crippen LogP contribution in [0.2, 0.25) is 0 Å². The molecule has 4 rings (SSSR count). The van der Waals surface area contributed by atoms with Gasteiger partial charge in [-0.25, -0.2) is 9.59 Å². The lowest BCUT2D eigenvalue weighted by Crippen LogP contribution is -2.44. The molecule has 1 aliphatic carbocycles. The number of carbonyl (C=O) groups excluding carboxylic acids is 1. The molecule has 0 aromatic heterocycles. The molecular weight excluding hydrogens is 378 g/mol. The molecule has 1 N–H and O–H groups in total. The summed E-state index contributed by atoms with van der Waals surface area (Å²) >= 11 is 0. The van der Waals surface area contributed by atoms with Crippen LogP contribution in [0.25, 0.3) is 11.1 Å². The molecule has 30 heavy (non-hydrogen) atoms. The molecule has 2 aromatic rings. The third kappa shape index (κ3) is 4.18. The van der Waals surface area contributed by atoms with Crippen LogP contribution in [0, 0.1) is 11.8 Å². The number of carboxylic acids is 1. The number of carboxylic acid groups (broad SMARTS) is 1. The number of aliphatic carboxylic acids is 1. The van der Waals surface area contributed by atoms with Crippen LogP contribution in [0.1, 0.15) is 49.1 Å². The lowest BCUT2D eigenvalue weighted by Gasteiger charge is -2.35. The van der Waals surface area contributed by atoms with Crippen molar-refractivity contribution in [3.05, 3.63) is 59.7 Å². The molecule has 5 heteroatoms. The number of fused-ring (bicyclic) bond motifs is 3. The molecule has 2 aromatic carbocycles. The third-order valence-corrected chi connectivity index (χ3v) is 6.00. The second-order valence-electron chi connectivity index (χ2n) is 7.79. The average Bonchev–Trinajstić information content (AvgIpc) is 3.09. The first-order valence-electron chi connectivity index (χ1n) is 10.5.